The fourth-order valence-electron chi connectivity index (χ4n) is 5.93. The van der Waals surface area contributed by atoms with Crippen molar-refractivity contribution in [2.45, 2.75) is 39.2 Å². The van der Waals surface area contributed by atoms with Gasteiger partial charge in [-0.1, -0.05) is 24.3 Å². The van der Waals surface area contributed by atoms with E-state index in [9.17, 15) is 10.1 Å². The highest BCUT2D eigenvalue weighted by Gasteiger charge is 2.20. The fraction of sp³-hybridized carbons (Fsp3) is 0.308. The maximum atomic E-state index is 12.3. The van der Waals surface area contributed by atoms with Gasteiger partial charge < -0.3 is 28.3 Å². The van der Waals surface area contributed by atoms with Gasteiger partial charge in [-0.3, -0.25) is 0 Å². The Morgan fingerprint density at radius 3 is 2.52 bits per heavy atom. The minimum absolute atomic E-state index is 0.401. The molecule has 0 aliphatic carbocycles. The lowest BCUT2D eigenvalue weighted by Crippen LogP contribution is -2.09. The molecule has 2 aliphatic rings. The van der Waals surface area contributed by atoms with E-state index in [0.29, 0.717) is 42.0 Å². The molecule has 4 bridgehead atoms. The summed E-state index contributed by atoms with van der Waals surface area (Å²) in [5.74, 6) is 2.45. The van der Waals surface area contributed by atoms with Crippen LogP contribution in [0.5, 0.6) is 17.2 Å². The Labute approximate surface area is 280 Å². The largest absolute Gasteiger partial charge is 0.494 e. The third-order valence-electron chi connectivity index (χ3n) is 8.74. The van der Waals surface area contributed by atoms with Crippen LogP contribution in [0.25, 0.3) is 22.2 Å². The van der Waals surface area contributed by atoms with E-state index < -0.39 is 5.97 Å². The Hall–Kier alpha value is -5.33. The molecular formula is C39H39N3O6. The summed E-state index contributed by atoms with van der Waals surface area (Å²) in [7, 11) is 4.86. The number of imidazole rings is 1. The number of carbonyl (C=O) groups excluding carboxylic acids is 1. The third kappa shape index (κ3) is 6.99. The number of esters is 1. The highest BCUT2D eigenvalue weighted by Crippen LogP contribution is 2.35. The molecule has 3 heterocycles. The molecule has 246 valence electrons. The van der Waals surface area contributed by atoms with Crippen molar-refractivity contribution >= 4 is 17.0 Å². The first-order valence-corrected chi connectivity index (χ1v) is 16.1. The molecule has 0 radical (unpaired) electrons. The number of rotatable bonds is 4. The first kappa shape index (κ1) is 32.6. The average molecular weight is 646 g/mol. The minimum atomic E-state index is -0.435. The predicted molar refractivity (Wildman–Crippen MR) is 183 cm³/mol. The highest BCUT2D eigenvalue weighted by atomic mass is 16.5. The molecule has 2 aliphatic heterocycles. The van der Waals surface area contributed by atoms with Crippen LogP contribution in [0.1, 0.15) is 56.8 Å². The van der Waals surface area contributed by atoms with E-state index in [0.717, 1.165) is 82.3 Å². The molecule has 7 rings (SSSR count). The molecule has 5 aromatic rings. The molecule has 0 saturated carbocycles. The number of carbonyl (C=O) groups is 1. The van der Waals surface area contributed by atoms with Crippen molar-refractivity contribution in [2.75, 3.05) is 34.0 Å². The zero-order valence-electron chi connectivity index (χ0n) is 27.8. The summed E-state index contributed by atoms with van der Waals surface area (Å²) >= 11 is 0. The van der Waals surface area contributed by atoms with Crippen molar-refractivity contribution in [1.82, 2.24) is 9.55 Å². The van der Waals surface area contributed by atoms with Crippen molar-refractivity contribution in [3.63, 3.8) is 0 Å². The van der Waals surface area contributed by atoms with Crippen LogP contribution in [0.15, 0.2) is 66.7 Å². The van der Waals surface area contributed by atoms with Gasteiger partial charge in [0.25, 0.3) is 0 Å². The van der Waals surface area contributed by atoms with Gasteiger partial charge in [-0.25, -0.2) is 9.78 Å². The summed E-state index contributed by atoms with van der Waals surface area (Å²) in [5, 5.41) is 9.46. The Balaban J connectivity index is 0.000000934. The van der Waals surface area contributed by atoms with Crippen LogP contribution in [0.4, 0.5) is 0 Å². The normalized spacial score (nSPS) is 13.6. The lowest BCUT2D eigenvalue weighted by Gasteiger charge is -2.18. The van der Waals surface area contributed by atoms with Gasteiger partial charge in [0.2, 0.25) is 0 Å². The van der Waals surface area contributed by atoms with Gasteiger partial charge in [0.05, 0.1) is 43.5 Å². The molecule has 1 fully saturated rings. The van der Waals surface area contributed by atoms with Gasteiger partial charge in [-0.05, 0) is 96.5 Å². The number of nitriles is 1. The van der Waals surface area contributed by atoms with Gasteiger partial charge >= 0.3 is 5.97 Å². The number of ether oxygens (including phenoxy) is 5. The van der Waals surface area contributed by atoms with Gasteiger partial charge in [0, 0.05) is 32.2 Å². The van der Waals surface area contributed by atoms with Crippen molar-refractivity contribution in [3.8, 4) is 34.4 Å². The summed E-state index contributed by atoms with van der Waals surface area (Å²) in [5.41, 5.74) is 8.86. The van der Waals surface area contributed by atoms with Crippen LogP contribution in [0, 0.1) is 18.3 Å². The molecule has 1 saturated heterocycles. The van der Waals surface area contributed by atoms with Crippen LogP contribution in [0.3, 0.4) is 0 Å². The summed E-state index contributed by atoms with van der Waals surface area (Å²) in [4.78, 5) is 17.2. The number of nitrogens with zero attached hydrogens (tertiary/aromatic N) is 3. The Morgan fingerprint density at radius 2 is 1.79 bits per heavy atom. The van der Waals surface area contributed by atoms with E-state index in [4.69, 9.17) is 28.7 Å². The molecule has 48 heavy (non-hydrogen) atoms. The van der Waals surface area contributed by atoms with Gasteiger partial charge in [0.1, 0.15) is 35.2 Å². The number of benzene rings is 4. The van der Waals surface area contributed by atoms with Gasteiger partial charge in [-0.2, -0.15) is 5.26 Å². The van der Waals surface area contributed by atoms with E-state index >= 15 is 0 Å². The smallest absolute Gasteiger partial charge is 0.338 e. The molecular weight excluding hydrogens is 606 g/mol. The maximum absolute atomic E-state index is 12.3. The van der Waals surface area contributed by atoms with Gasteiger partial charge in [0.15, 0.2) is 0 Å². The molecule has 9 heteroatoms. The number of hydrogen-bond donors (Lipinski definition) is 0. The predicted octanol–water partition coefficient (Wildman–Crippen LogP) is 7.12. The summed E-state index contributed by atoms with van der Waals surface area (Å²) in [6.07, 6.45) is 3.32. The maximum Gasteiger partial charge on any atom is 0.338 e. The molecule has 0 N–H and O–H groups in total. The van der Waals surface area contributed by atoms with E-state index in [1.54, 1.807) is 19.2 Å². The van der Waals surface area contributed by atoms with Crippen molar-refractivity contribution < 1.29 is 28.5 Å². The first-order chi connectivity index (χ1) is 23.4. The zero-order chi connectivity index (χ0) is 33.6. The first-order valence-electron chi connectivity index (χ1n) is 16.1. The second kappa shape index (κ2) is 14.6. The van der Waals surface area contributed by atoms with E-state index in [1.165, 1.54) is 13.5 Å². The highest BCUT2D eigenvalue weighted by molar-refractivity contribution is 5.96. The van der Waals surface area contributed by atoms with Crippen LogP contribution < -0.4 is 14.2 Å². The molecule has 1 aromatic heterocycles. The monoisotopic (exact) mass is 645 g/mol. The molecule has 0 unspecified atom stereocenters. The Bertz CT molecular complexity index is 2000. The fourth-order valence-corrected chi connectivity index (χ4v) is 5.93. The third-order valence-corrected chi connectivity index (χ3v) is 8.74. The molecule has 0 amide bonds. The van der Waals surface area contributed by atoms with Crippen LogP contribution in [0.2, 0.25) is 0 Å². The lowest BCUT2D eigenvalue weighted by molar-refractivity contribution is 0.0367. The Kier molecular flexibility index (Phi) is 9.93. The molecule has 0 atom stereocenters. The van der Waals surface area contributed by atoms with Crippen LogP contribution in [-0.4, -0.2) is 49.6 Å². The molecule has 4 aromatic carbocycles. The lowest BCUT2D eigenvalue weighted by atomic mass is 9.96. The zero-order valence-corrected chi connectivity index (χ0v) is 27.8. The van der Waals surface area contributed by atoms with E-state index in [-0.39, 0.29) is 0 Å². The second-order valence-corrected chi connectivity index (χ2v) is 11.9. The van der Waals surface area contributed by atoms with Gasteiger partial charge in [-0.15, -0.1) is 0 Å². The van der Waals surface area contributed by atoms with Crippen molar-refractivity contribution in [3.05, 3.63) is 106 Å². The minimum Gasteiger partial charge on any atom is -0.494 e. The Morgan fingerprint density at radius 1 is 0.979 bits per heavy atom. The number of aromatic nitrogens is 2. The second-order valence-electron chi connectivity index (χ2n) is 11.9. The van der Waals surface area contributed by atoms with Crippen LogP contribution >= 0.6 is 0 Å². The van der Waals surface area contributed by atoms with Crippen molar-refractivity contribution in [2.24, 2.45) is 7.05 Å². The number of aryl methyl sites for hydroxylation is 3. The number of fused-ring (bicyclic) bond motifs is 7. The summed E-state index contributed by atoms with van der Waals surface area (Å²) < 4.78 is 30.0. The quantitative estimate of drug-likeness (QED) is 0.190. The molecule has 9 nitrogen and oxygen atoms in total. The average Bonchev–Trinajstić information content (AvgIpc) is 3.39. The number of hydrogen-bond acceptors (Lipinski definition) is 8. The molecule has 0 spiro atoms. The topological polar surface area (TPSA) is 105 Å². The van der Waals surface area contributed by atoms with Crippen LogP contribution in [-0.2, 0) is 36.0 Å². The van der Waals surface area contributed by atoms with E-state index in [1.807, 2.05) is 41.9 Å². The SMILES string of the molecule is C1COC1.COC(=O)c1cc(OC)c2nc(Cc3cc(C)c4cc3OCCCc3cc(C#N)ccc3COc3cccc-4c3)n(C)c2c1. The number of methoxy groups -OCH3 is 2. The standard InChI is InChI=1S/C36H33N3O5.C3H6O/c1-22-13-27(18-34-38-35-31(39(34)2)16-28(36(40)42-4)17-33(35)41-3)32-19-30(22)25-7-5-9-29(15-25)44-21-26-11-10-23(20-37)14-24(26)8-6-12-43-32;1-2-4-3-1/h5,7,9-11,13-17,19H,6,8,12,18,21H2,1-4H3;1-3H2. The summed E-state index contributed by atoms with van der Waals surface area (Å²) in [6, 6.07) is 23.8. The van der Waals surface area contributed by atoms with Crippen molar-refractivity contribution in [1.29, 1.82) is 5.26 Å². The summed E-state index contributed by atoms with van der Waals surface area (Å²) in [6.45, 7) is 5.03. The van der Waals surface area contributed by atoms with E-state index in [2.05, 4.69) is 37.3 Å².